The zero-order valence-electron chi connectivity index (χ0n) is 9.19. The number of nitrogens with two attached hydrogens (primary N) is 1. The van der Waals surface area contributed by atoms with E-state index in [4.69, 9.17) is 22.7 Å². The van der Waals surface area contributed by atoms with Crippen molar-refractivity contribution in [1.82, 2.24) is 0 Å². The van der Waals surface area contributed by atoms with Crippen molar-refractivity contribution in [2.75, 3.05) is 5.32 Å². The third kappa shape index (κ3) is 3.86. The van der Waals surface area contributed by atoms with Crippen LogP contribution in [0.5, 0.6) is 0 Å². The number of hydrogen-bond acceptors (Lipinski definition) is 3. The maximum absolute atomic E-state index is 11.3. The zero-order chi connectivity index (χ0) is 12.1. The third-order valence-electron chi connectivity index (χ3n) is 1.76. The topological polar surface area (TPSA) is 64.3 Å². The lowest BCUT2D eigenvalue weighted by Gasteiger charge is -2.09. The lowest BCUT2D eigenvalue weighted by molar-refractivity contribution is 0.130. The summed E-state index contributed by atoms with van der Waals surface area (Å²) < 4.78 is 4.93. The lowest BCUT2D eigenvalue weighted by atomic mass is 10.2. The molecule has 0 fully saturated rings. The van der Waals surface area contributed by atoms with E-state index in [2.05, 4.69) is 5.32 Å². The van der Waals surface area contributed by atoms with E-state index < -0.39 is 6.09 Å². The number of thiocarbonyl (C=S) groups is 1. The first-order chi connectivity index (χ1) is 7.49. The monoisotopic (exact) mass is 238 g/mol. The smallest absolute Gasteiger partial charge is 0.411 e. The van der Waals surface area contributed by atoms with Gasteiger partial charge in [-0.1, -0.05) is 12.2 Å². The van der Waals surface area contributed by atoms with E-state index in [1.54, 1.807) is 38.1 Å². The highest BCUT2D eigenvalue weighted by Gasteiger charge is 2.05. The molecule has 0 saturated carbocycles. The first-order valence-corrected chi connectivity index (χ1v) is 5.27. The highest BCUT2D eigenvalue weighted by atomic mass is 32.1. The predicted octanol–water partition coefficient (Wildman–Crippen LogP) is 2.28. The van der Waals surface area contributed by atoms with Crippen LogP contribution in [-0.4, -0.2) is 17.2 Å². The van der Waals surface area contributed by atoms with E-state index in [1.165, 1.54) is 0 Å². The predicted molar refractivity (Wildman–Crippen MR) is 67.6 cm³/mol. The van der Waals surface area contributed by atoms with Gasteiger partial charge in [-0.15, -0.1) is 0 Å². The molecule has 0 aliphatic heterocycles. The molecule has 0 aromatic heterocycles. The number of anilines is 1. The third-order valence-corrected chi connectivity index (χ3v) is 1.99. The molecule has 0 radical (unpaired) electrons. The SMILES string of the molecule is CC(C)OC(=O)Nc1ccc(C(N)=S)cc1. The minimum atomic E-state index is -0.474. The van der Waals surface area contributed by atoms with Crippen molar-refractivity contribution in [3.8, 4) is 0 Å². The molecule has 1 aromatic carbocycles. The number of nitrogens with one attached hydrogen (secondary N) is 1. The van der Waals surface area contributed by atoms with Crippen LogP contribution in [0.4, 0.5) is 10.5 Å². The standard InChI is InChI=1S/C11H14N2O2S/c1-7(2)15-11(14)13-9-5-3-8(4-6-9)10(12)16/h3-7H,1-2H3,(H2,12,16)(H,13,14). The van der Waals surface area contributed by atoms with Crippen LogP contribution in [-0.2, 0) is 4.74 Å². The summed E-state index contributed by atoms with van der Waals surface area (Å²) in [4.78, 5) is 11.6. The molecule has 0 unspecified atom stereocenters. The van der Waals surface area contributed by atoms with Gasteiger partial charge in [0.2, 0.25) is 0 Å². The summed E-state index contributed by atoms with van der Waals surface area (Å²) >= 11 is 4.82. The van der Waals surface area contributed by atoms with Gasteiger partial charge in [0.05, 0.1) is 6.10 Å². The first kappa shape index (κ1) is 12.4. The van der Waals surface area contributed by atoms with Gasteiger partial charge >= 0.3 is 6.09 Å². The summed E-state index contributed by atoms with van der Waals surface area (Å²) in [5.41, 5.74) is 6.86. The Bertz CT molecular complexity index is 387. The molecule has 86 valence electrons. The Morgan fingerprint density at radius 1 is 1.38 bits per heavy atom. The van der Waals surface area contributed by atoms with Crippen LogP contribution in [0.15, 0.2) is 24.3 Å². The van der Waals surface area contributed by atoms with Crippen molar-refractivity contribution in [1.29, 1.82) is 0 Å². The Morgan fingerprint density at radius 2 is 1.94 bits per heavy atom. The molecule has 0 saturated heterocycles. The molecule has 16 heavy (non-hydrogen) atoms. The summed E-state index contributed by atoms with van der Waals surface area (Å²) in [5, 5.41) is 2.59. The van der Waals surface area contributed by atoms with Crippen molar-refractivity contribution in [2.45, 2.75) is 20.0 Å². The summed E-state index contributed by atoms with van der Waals surface area (Å²) in [5.74, 6) is 0. The number of carbonyl (C=O) groups is 1. The molecule has 0 bridgehead atoms. The van der Waals surface area contributed by atoms with Crippen LogP contribution >= 0.6 is 12.2 Å². The normalized spacial score (nSPS) is 9.94. The van der Waals surface area contributed by atoms with Crippen molar-refractivity contribution >= 4 is 29.0 Å². The zero-order valence-corrected chi connectivity index (χ0v) is 10.0. The molecule has 0 spiro atoms. The van der Waals surface area contributed by atoms with Crippen LogP contribution in [0, 0.1) is 0 Å². The molecule has 1 rings (SSSR count). The largest absolute Gasteiger partial charge is 0.447 e. The van der Waals surface area contributed by atoms with E-state index in [1.807, 2.05) is 0 Å². The second-order valence-corrected chi connectivity index (χ2v) is 3.96. The summed E-state index contributed by atoms with van der Waals surface area (Å²) in [6.45, 7) is 3.57. The molecule has 5 heteroatoms. The van der Waals surface area contributed by atoms with Gasteiger partial charge in [0.25, 0.3) is 0 Å². The average molecular weight is 238 g/mol. The molecule has 4 nitrogen and oxygen atoms in total. The van der Waals surface area contributed by atoms with Crippen molar-refractivity contribution in [2.24, 2.45) is 5.73 Å². The summed E-state index contributed by atoms with van der Waals surface area (Å²) in [6.07, 6.45) is -0.617. The highest BCUT2D eigenvalue weighted by molar-refractivity contribution is 7.80. The van der Waals surface area contributed by atoms with Crippen LogP contribution in [0.25, 0.3) is 0 Å². The molecule has 0 aliphatic carbocycles. The van der Waals surface area contributed by atoms with E-state index in [0.717, 1.165) is 5.56 Å². The molecular formula is C11H14N2O2S. The number of hydrogen-bond donors (Lipinski definition) is 2. The van der Waals surface area contributed by atoms with Crippen molar-refractivity contribution < 1.29 is 9.53 Å². The quantitative estimate of drug-likeness (QED) is 0.793. The van der Waals surface area contributed by atoms with Gasteiger partial charge in [0.1, 0.15) is 4.99 Å². The molecular weight excluding hydrogens is 224 g/mol. The Labute approximate surface area is 99.8 Å². The summed E-state index contributed by atoms with van der Waals surface area (Å²) in [7, 11) is 0. The minimum Gasteiger partial charge on any atom is -0.447 e. The second-order valence-electron chi connectivity index (χ2n) is 3.52. The van der Waals surface area contributed by atoms with Gasteiger partial charge < -0.3 is 10.5 Å². The maximum Gasteiger partial charge on any atom is 0.411 e. The number of ether oxygens (including phenoxy) is 1. The molecule has 1 aromatic rings. The second kappa shape index (κ2) is 5.46. The van der Waals surface area contributed by atoms with Gasteiger partial charge in [-0.2, -0.15) is 0 Å². The van der Waals surface area contributed by atoms with Gasteiger partial charge in [0, 0.05) is 11.3 Å². The van der Waals surface area contributed by atoms with Gasteiger partial charge in [0.15, 0.2) is 0 Å². The van der Waals surface area contributed by atoms with Crippen LogP contribution in [0.1, 0.15) is 19.4 Å². The van der Waals surface area contributed by atoms with Gasteiger partial charge in [-0.3, -0.25) is 5.32 Å². The highest BCUT2D eigenvalue weighted by Crippen LogP contribution is 2.10. The molecule has 0 aliphatic rings. The van der Waals surface area contributed by atoms with E-state index in [9.17, 15) is 4.79 Å². The average Bonchev–Trinajstić information content (AvgIpc) is 2.16. The number of carbonyl (C=O) groups excluding carboxylic acids is 1. The van der Waals surface area contributed by atoms with Crippen LogP contribution in [0.3, 0.4) is 0 Å². The molecule has 0 heterocycles. The van der Waals surface area contributed by atoms with Crippen LogP contribution in [0.2, 0.25) is 0 Å². The molecule has 3 N–H and O–H groups in total. The molecule has 0 atom stereocenters. The van der Waals surface area contributed by atoms with E-state index >= 15 is 0 Å². The summed E-state index contributed by atoms with van der Waals surface area (Å²) in [6, 6.07) is 6.92. The number of amides is 1. The minimum absolute atomic E-state index is 0.143. The fourth-order valence-corrected chi connectivity index (χ4v) is 1.22. The van der Waals surface area contributed by atoms with E-state index in [0.29, 0.717) is 10.7 Å². The first-order valence-electron chi connectivity index (χ1n) is 4.86. The van der Waals surface area contributed by atoms with Gasteiger partial charge in [-0.05, 0) is 38.1 Å². The Morgan fingerprint density at radius 3 is 2.38 bits per heavy atom. The fraction of sp³-hybridized carbons (Fsp3) is 0.273. The lowest BCUT2D eigenvalue weighted by Crippen LogP contribution is -2.18. The Kier molecular flexibility index (Phi) is 4.25. The Balaban J connectivity index is 2.62. The fourth-order valence-electron chi connectivity index (χ4n) is 1.08. The molecule has 1 amide bonds. The van der Waals surface area contributed by atoms with E-state index in [-0.39, 0.29) is 6.10 Å². The van der Waals surface area contributed by atoms with Crippen molar-refractivity contribution in [3.63, 3.8) is 0 Å². The van der Waals surface area contributed by atoms with Crippen molar-refractivity contribution in [3.05, 3.63) is 29.8 Å². The number of benzene rings is 1. The van der Waals surface area contributed by atoms with Crippen LogP contribution < -0.4 is 11.1 Å². The number of rotatable bonds is 3. The maximum atomic E-state index is 11.3. The van der Waals surface area contributed by atoms with Gasteiger partial charge in [-0.25, -0.2) is 4.79 Å². The Hall–Kier alpha value is -1.62.